The van der Waals surface area contributed by atoms with Crippen LogP contribution < -0.4 is 5.32 Å². The van der Waals surface area contributed by atoms with Gasteiger partial charge in [-0.15, -0.1) is 0 Å². The normalized spacial score (nSPS) is 30.3. The second-order valence-corrected chi connectivity index (χ2v) is 7.98. The summed E-state index contributed by atoms with van der Waals surface area (Å²) in [7, 11) is 0. The van der Waals surface area contributed by atoms with E-state index < -0.39 is 0 Å². The smallest absolute Gasteiger partial charge is 0.246 e. The Bertz CT molecular complexity index is 383. The Morgan fingerprint density at radius 2 is 1.96 bits per heavy atom. The van der Waals surface area contributed by atoms with Gasteiger partial charge in [-0.1, -0.05) is 27.2 Å². The third-order valence-corrected chi connectivity index (χ3v) is 5.65. The van der Waals surface area contributed by atoms with Crippen molar-refractivity contribution in [3.63, 3.8) is 0 Å². The third-order valence-electron chi connectivity index (χ3n) is 5.65. The number of hydrogen-bond donors (Lipinski definition) is 1. The van der Waals surface area contributed by atoms with Crippen molar-refractivity contribution >= 4 is 5.91 Å². The van der Waals surface area contributed by atoms with Crippen LogP contribution in [0, 0.1) is 17.8 Å². The lowest BCUT2D eigenvalue weighted by atomic mass is 9.75. The molecule has 4 atom stereocenters. The molecule has 0 spiro atoms. The molecule has 24 heavy (non-hydrogen) atoms. The van der Waals surface area contributed by atoms with E-state index in [-0.39, 0.29) is 18.6 Å². The predicted molar refractivity (Wildman–Crippen MR) is 95.9 cm³/mol. The summed E-state index contributed by atoms with van der Waals surface area (Å²) in [5.74, 6) is 1.92. The Balaban J connectivity index is 1.69. The molecule has 1 saturated heterocycles. The van der Waals surface area contributed by atoms with Crippen LogP contribution in [-0.4, -0.2) is 62.4 Å². The Morgan fingerprint density at radius 1 is 1.25 bits per heavy atom. The maximum atomic E-state index is 12.2. The van der Waals surface area contributed by atoms with Crippen molar-refractivity contribution in [3.05, 3.63) is 0 Å². The SMILES string of the molecule is CC(C)[C@H]1CC[C@@H](C)C[C@@H]1OCC(=O)NC[C@@H](C)N1CCOCC1. The maximum Gasteiger partial charge on any atom is 0.246 e. The van der Waals surface area contributed by atoms with Crippen LogP contribution >= 0.6 is 0 Å². The zero-order valence-electron chi connectivity index (χ0n) is 15.9. The van der Waals surface area contributed by atoms with Crippen molar-refractivity contribution in [2.24, 2.45) is 17.8 Å². The van der Waals surface area contributed by atoms with Crippen molar-refractivity contribution in [3.8, 4) is 0 Å². The molecular formula is C19H36N2O3. The van der Waals surface area contributed by atoms with Crippen LogP contribution in [0.5, 0.6) is 0 Å². The first-order valence-corrected chi connectivity index (χ1v) is 9.67. The van der Waals surface area contributed by atoms with E-state index in [2.05, 4.69) is 37.9 Å². The number of ether oxygens (including phenoxy) is 2. The van der Waals surface area contributed by atoms with Gasteiger partial charge in [0.1, 0.15) is 6.61 Å². The fourth-order valence-corrected chi connectivity index (χ4v) is 3.95. The molecule has 0 radical (unpaired) electrons. The molecule has 5 nitrogen and oxygen atoms in total. The van der Waals surface area contributed by atoms with Crippen LogP contribution in [0.15, 0.2) is 0 Å². The minimum absolute atomic E-state index is 0.0100. The largest absolute Gasteiger partial charge is 0.379 e. The zero-order valence-corrected chi connectivity index (χ0v) is 15.9. The quantitative estimate of drug-likeness (QED) is 0.773. The lowest BCUT2D eigenvalue weighted by molar-refractivity contribution is -0.131. The highest BCUT2D eigenvalue weighted by Crippen LogP contribution is 2.35. The lowest BCUT2D eigenvalue weighted by Gasteiger charge is -2.37. The predicted octanol–water partition coefficient (Wildman–Crippen LogP) is 2.30. The van der Waals surface area contributed by atoms with E-state index in [1.807, 2.05) is 0 Å². The molecule has 1 amide bonds. The highest BCUT2D eigenvalue weighted by Gasteiger charge is 2.31. The molecule has 1 aliphatic carbocycles. The maximum absolute atomic E-state index is 12.2. The van der Waals surface area contributed by atoms with Crippen molar-refractivity contribution in [1.29, 1.82) is 0 Å². The summed E-state index contributed by atoms with van der Waals surface area (Å²) >= 11 is 0. The van der Waals surface area contributed by atoms with Crippen LogP contribution in [0.2, 0.25) is 0 Å². The van der Waals surface area contributed by atoms with E-state index in [0.29, 0.717) is 30.3 Å². The van der Waals surface area contributed by atoms with E-state index in [9.17, 15) is 4.79 Å². The summed E-state index contributed by atoms with van der Waals surface area (Å²) in [4.78, 5) is 14.5. The standard InChI is InChI=1S/C19H36N2O3/c1-14(2)17-6-5-15(3)11-18(17)24-13-19(22)20-12-16(4)21-7-9-23-10-8-21/h14-18H,5-13H2,1-4H3,(H,20,22)/t15-,16-,17-,18+/m1/s1. The topological polar surface area (TPSA) is 50.8 Å². The second-order valence-electron chi connectivity index (χ2n) is 7.98. The van der Waals surface area contributed by atoms with Gasteiger partial charge in [-0.25, -0.2) is 0 Å². The first kappa shape index (κ1) is 19.7. The van der Waals surface area contributed by atoms with Crippen LogP contribution in [0.4, 0.5) is 0 Å². The molecule has 2 aliphatic rings. The van der Waals surface area contributed by atoms with Gasteiger partial charge in [0.2, 0.25) is 5.91 Å². The fraction of sp³-hybridized carbons (Fsp3) is 0.947. The number of hydrogen-bond acceptors (Lipinski definition) is 4. The molecular weight excluding hydrogens is 304 g/mol. The minimum atomic E-state index is 0.0100. The number of nitrogens with one attached hydrogen (secondary N) is 1. The molecule has 0 aromatic rings. The number of morpholine rings is 1. The molecule has 0 aromatic carbocycles. The van der Waals surface area contributed by atoms with Crippen molar-refractivity contribution in [1.82, 2.24) is 10.2 Å². The van der Waals surface area contributed by atoms with E-state index in [1.54, 1.807) is 0 Å². The number of nitrogens with zero attached hydrogens (tertiary/aromatic N) is 1. The molecule has 1 heterocycles. The van der Waals surface area contributed by atoms with Gasteiger partial charge < -0.3 is 14.8 Å². The highest BCUT2D eigenvalue weighted by molar-refractivity contribution is 5.77. The number of rotatable bonds is 7. The van der Waals surface area contributed by atoms with Gasteiger partial charge in [0.05, 0.1) is 19.3 Å². The van der Waals surface area contributed by atoms with Gasteiger partial charge in [-0.3, -0.25) is 9.69 Å². The monoisotopic (exact) mass is 340 g/mol. The average Bonchev–Trinajstić information content (AvgIpc) is 2.58. The summed E-state index contributed by atoms with van der Waals surface area (Å²) < 4.78 is 11.4. The van der Waals surface area contributed by atoms with Crippen molar-refractivity contribution in [2.45, 2.75) is 59.1 Å². The summed E-state index contributed by atoms with van der Waals surface area (Å²) in [6.07, 6.45) is 3.82. The van der Waals surface area contributed by atoms with Crippen molar-refractivity contribution < 1.29 is 14.3 Å². The second kappa shape index (κ2) is 9.73. The molecule has 1 saturated carbocycles. The van der Waals surface area contributed by atoms with E-state index >= 15 is 0 Å². The Morgan fingerprint density at radius 3 is 2.62 bits per heavy atom. The number of amides is 1. The summed E-state index contributed by atoms with van der Waals surface area (Å²) in [5, 5.41) is 3.03. The lowest BCUT2D eigenvalue weighted by Crippen LogP contribution is -2.48. The van der Waals surface area contributed by atoms with Gasteiger partial charge in [-0.05, 0) is 37.5 Å². The Kier molecular flexibility index (Phi) is 7.98. The highest BCUT2D eigenvalue weighted by atomic mass is 16.5. The minimum Gasteiger partial charge on any atom is -0.379 e. The average molecular weight is 341 g/mol. The Hall–Kier alpha value is -0.650. The molecule has 0 unspecified atom stereocenters. The summed E-state index contributed by atoms with van der Waals surface area (Å²) in [6.45, 7) is 13.3. The summed E-state index contributed by atoms with van der Waals surface area (Å²) in [6, 6.07) is 0.343. The van der Waals surface area contributed by atoms with Crippen molar-refractivity contribution in [2.75, 3.05) is 39.5 Å². The zero-order chi connectivity index (χ0) is 17.5. The first-order chi connectivity index (χ1) is 11.5. The van der Waals surface area contributed by atoms with E-state index in [0.717, 1.165) is 32.7 Å². The van der Waals surface area contributed by atoms with Gasteiger partial charge in [0.25, 0.3) is 0 Å². The van der Waals surface area contributed by atoms with E-state index in [4.69, 9.17) is 9.47 Å². The fourth-order valence-electron chi connectivity index (χ4n) is 3.95. The molecule has 1 N–H and O–H groups in total. The Labute approximate surface area is 147 Å². The van der Waals surface area contributed by atoms with Gasteiger partial charge in [0.15, 0.2) is 0 Å². The van der Waals surface area contributed by atoms with Crippen LogP contribution in [-0.2, 0) is 14.3 Å². The van der Waals surface area contributed by atoms with Gasteiger partial charge in [-0.2, -0.15) is 0 Å². The van der Waals surface area contributed by atoms with Gasteiger partial charge >= 0.3 is 0 Å². The molecule has 0 aromatic heterocycles. The third kappa shape index (κ3) is 6.01. The van der Waals surface area contributed by atoms with Gasteiger partial charge in [0, 0.05) is 25.7 Å². The van der Waals surface area contributed by atoms with Crippen LogP contribution in [0.3, 0.4) is 0 Å². The van der Waals surface area contributed by atoms with Crippen LogP contribution in [0.1, 0.15) is 47.0 Å². The van der Waals surface area contributed by atoms with E-state index in [1.165, 1.54) is 12.8 Å². The molecule has 2 rings (SSSR count). The first-order valence-electron chi connectivity index (χ1n) is 9.67. The molecule has 0 bridgehead atoms. The molecule has 140 valence electrons. The molecule has 5 heteroatoms. The summed E-state index contributed by atoms with van der Waals surface area (Å²) in [5.41, 5.74) is 0. The molecule has 2 fully saturated rings. The van der Waals surface area contributed by atoms with Crippen LogP contribution in [0.25, 0.3) is 0 Å². The molecule has 1 aliphatic heterocycles. The number of carbonyl (C=O) groups excluding carboxylic acids is 1. The number of carbonyl (C=O) groups is 1.